The molecule has 2 heterocycles. The minimum Gasteiger partial charge on any atom is -0.378 e. The first-order chi connectivity index (χ1) is 10.3. The van der Waals surface area contributed by atoms with Gasteiger partial charge in [0, 0.05) is 25.6 Å². The van der Waals surface area contributed by atoms with E-state index in [-0.39, 0.29) is 12.0 Å². The van der Waals surface area contributed by atoms with E-state index in [9.17, 15) is 4.79 Å². The van der Waals surface area contributed by atoms with Crippen LogP contribution in [0.1, 0.15) is 30.7 Å². The van der Waals surface area contributed by atoms with Gasteiger partial charge in [0.05, 0.1) is 12.5 Å². The lowest BCUT2D eigenvalue weighted by Crippen LogP contribution is -2.32. The maximum absolute atomic E-state index is 12.4. The van der Waals surface area contributed by atoms with Crippen LogP contribution >= 0.6 is 0 Å². The largest absolute Gasteiger partial charge is 0.378 e. The van der Waals surface area contributed by atoms with E-state index in [4.69, 9.17) is 10.5 Å². The fourth-order valence-corrected chi connectivity index (χ4v) is 3.52. The molecule has 2 aliphatic heterocycles. The lowest BCUT2D eigenvalue weighted by atomic mass is 9.89. The summed E-state index contributed by atoms with van der Waals surface area (Å²) in [6.07, 6.45) is 2.75. The summed E-state index contributed by atoms with van der Waals surface area (Å²) in [7, 11) is 0. The zero-order valence-corrected chi connectivity index (χ0v) is 12.4. The molecule has 1 aromatic carbocycles. The second-order valence-corrected chi connectivity index (χ2v) is 6.15. The fraction of sp³-hybridized carbons (Fsp3) is 0.588. The number of benzene rings is 1. The van der Waals surface area contributed by atoms with Crippen molar-refractivity contribution in [2.45, 2.75) is 31.3 Å². The molecule has 2 saturated heterocycles. The summed E-state index contributed by atoms with van der Waals surface area (Å²) in [5.74, 6) is 0.948. The Morgan fingerprint density at radius 2 is 2.10 bits per heavy atom. The van der Waals surface area contributed by atoms with Crippen LogP contribution in [0.15, 0.2) is 30.3 Å². The van der Waals surface area contributed by atoms with Gasteiger partial charge in [0.25, 0.3) is 0 Å². The normalized spacial score (nSPS) is 29.0. The first kappa shape index (κ1) is 14.5. The molecule has 1 aromatic rings. The summed E-state index contributed by atoms with van der Waals surface area (Å²) < 4.78 is 5.58. The Labute approximate surface area is 126 Å². The summed E-state index contributed by atoms with van der Waals surface area (Å²) in [5, 5.41) is 0. The smallest absolute Gasteiger partial charge is 0.225 e. The Balaban J connectivity index is 1.64. The van der Waals surface area contributed by atoms with Crippen molar-refractivity contribution < 1.29 is 9.53 Å². The first-order valence-corrected chi connectivity index (χ1v) is 7.92. The average Bonchev–Trinajstić information content (AvgIpc) is 3.17. The Bertz CT molecular complexity index is 471. The monoisotopic (exact) mass is 288 g/mol. The molecule has 2 fully saturated rings. The van der Waals surface area contributed by atoms with Gasteiger partial charge in [0.15, 0.2) is 0 Å². The lowest BCUT2D eigenvalue weighted by molar-refractivity contribution is -0.132. The number of likely N-dealkylation sites (tertiary alicyclic amines) is 1. The fourth-order valence-electron chi connectivity index (χ4n) is 3.52. The van der Waals surface area contributed by atoms with E-state index < -0.39 is 0 Å². The number of nitrogens with zero attached hydrogens (tertiary/aromatic N) is 1. The van der Waals surface area contributed by atoms with E-state index in [1.165, 1.54) is 5.56 Å². The van der Waals surface area contributed by atoms with E-state index in [1.54, 1.807) is 0 Å². The van der Waals surface area contributed by atoms with Crippen molar-refractivity contribution >= 4 is 5.91 Å². The number of amides is 1. The third kappa shape index (κ3) is 3.27. The topological polar surface area (TPSA) is 55.6 Å². The molecule has 114 valence electrons. The second-order valence-electron chi connectivity index (χ2n) is 6.15. The number of ether oxygens (including phenoxy) is 1. The van der Waals surface area contributed by atoms with Crippen LogP contribution < -0.4 is 5.73 Å². The highest BCUT2D eigenvalue weighted by Crippen LogP contribution is 2.32. The number of nitrogens with two attached hydrogens (primary N) is 1. The van der Waals surface area contributed by atoms with Gasteiger partial charge in [0.1, 0.15) is 0 Å². The van der Waals surface area contributed by atoms with E-state index in [1.807, 2.05) is 11.0 Å². The average molecular weight is 288 g/mol. The molecule has 1 amide bonds. The molecule has 21 heavy (non-hydrogen) atoms. The zero-order chi connectivity index (χ0) is 14.7. The molecule has 3 atom stereocenters. The Hall–Kier alpha value is -1.39. The molecule has 0 aromatic heterocycles. The van der Waals surface area contributed by atoms with Gasteiger partial charge < -0.3 is 15.4 Å². The molecule has 0 spiro atoms. The van der Waals surface area contributed by atoms with Gasteiger partial charge >= 0.3 is 0 Å². The molecule has 0 radical (unpaired) electrons. The summed E-state index contributed by atoms with van der Waals surface area (Å²) in [5.41, 5.74) is 7.22. The summed E-state index contributed by atoms with van der Waals surface area (Å²) in [6, 6.07) is 10.4. The van der Waals surface area contributed by atoms with Crippen molar-refractivity contribution in [2.75, 3.05) is 26.2 Å². The zero-order valence-electron chi connectivity index (χ0n) is 12.4. The van der Waals surface area contributed by atoms with Gasteiger partial charge in [-0.15, -0.1) is 0 Å². The molecule has 0 bridgehead atoms. The third-order valence-electron chi connectivity index (χ3n) is 4.75. The van der Waals surface area contributed by atoms with Crippen LogP contribution in [0.2, 0.25) is 0 Å². The molecule has 1 unspecified atom stereocenters. The highest BCUT2D eigenvalue weighted by Gasteiger charge is 2.36. The molecule has 4 heteroatoms. The van der Waals surface area contributed by atoms with Crippen LogP contribution in [0, 0.1) is 5.92 Å². The lowest BCUT2D eigenvalue weighted by Gasteiger charge is -2.18. The molecule has 2 N–H and O–H groups in total. The van der Waals surface area contributed by atoms with Crippen molar-refractivity contribution in [3.05, 3.63) is 35.9 Å². The van der Waals surface area contributed by atoms with Gasteiger partial charge in [-0.3, -0.25) is 4.79 Å². The van der Waals surface area contributed by atoms with Gasteiger partial charge in [-0.2, -0.15) is 0 Å². The number of carbonyl (C=O) groups excluding carboxylic acids is 1. The highest BCUT2D eigenvalue weighted by molar-refractivity contribution is 5.77. The van der Waals surface area contributed by atoms with Crippen LogP contribution in [-0.4, -0.2) is 43.2 Å². The summed E-state index contributed by atoms with van der Waals surface area (Å²) in [6.45, 7) is 3.00. The highest BCUT2D eigenvalue weighted by atomic mass is 16.5. The van der Waals surface area contributed by atoms with Gasteiger partial charge in [0.2, 0.25) is 5.91 Å². The molecule has 4 nitrogen and oxygen atoms in total. The standard InChI is InChI=1S/C17H24N2O2/c18-10-14-11-19(17(20)9-15-7-4-8-21-15)12-16(14)13-5-2-1-3-6-13/h1-3,5-6,14-16H,4,7-12,18H2/t14-,15?,16+/m1/s1. The molecular formula is C17H24N2O2. The number of hydrogen-bond donors (Lipinski definition) is 1. The number of hydrogen-bond acceptors (Lipinski definition) is 3. The first-order valence-electron chi connectivity index (χ1n) is 7.92. The quantitative estimate of drug-likeness (QED) is 0.918. The van der Waals surface area contributed by atoms with Crippen LogP contribution in [0.5, 0.6) is 0 Å². The molecular weight excluding hydrogens is 264 g/mol. The predicted octanol–water partition coefficient (Wildman–Crippen LogP) is 1.76. The van der Waals surface area contributed by atoms with E-state index in [0.29, 0.717) is 24.8 Å². The van der Waals surface area contributed by atoms with Crippen molar-refractivity contribution in [3.8, 4) is 0 Å². The van der Waals surface area contributed by atoms with Crippen LogP contribution in [0.25, 0.3) is 0 Å². The Kier molecular flexibility index (Phi) is 4.56. The Morgan fingerprint density at radius 3 is 2.76 bits per heavy atom. The summed E-state index contributed by atoms with van der Waals surface area (Å²) in [4.78, 5) is 14.4. The second kappa shape index (κ2) is 6.58. The van der Waals surface area contributed by atoms with Gasteiger partial charge in [-0.05, 0) is 30.9 Å². The van der Waals surface area contributed by atoms with Crippen LogP contribution in [0.4, 0.5) is 0 Å². The van der Waals surface area contributed by atoms with Crippen molar-refractivity contribution in [1.29, 1.82) is 0 Å². The SMILES string of the molecule is NC[C@@H]1CN(C(=O)CC2CCCO2)C[C@H]1c1ccccc1. The van der Waals surface area contributed by atoms with E-state index in [0.717, 1.165) is 32.5 Å². The minimum absolute atomic E-state index is 0.129. The van der Waals surface area contributed by atoms with E-state index in [2.05, 4.69) is 24.3 Å². The van der Waals surface area contributed by atoms with E-state index >= 15 is 0 Å². The Morgan fingerprint density at radius 1 is 1.29 bits per heavy atom. The number of rotatable bonds is 4. The predicted molar refractivity (Wildman–Crippen MR) is 81.9 cm³/mol. The maximum atomic E-state index is 12.4. The molecule has 2 aliphatic rings. The molecule has 3 rings (SSSR count). The minimum atomic E-state index is 0.129. The van der Waals surface area contributed by atoms with Crippen molar-refractivity contribution in [2.24, 2.45) is 11.7 Å². The van der Waals surface area contributed by atoms with Gasteiger partial charge in [-0.25, -0.2) is 0 Å². The van der Waals surface area contributed by atoms with Crippen molar-refractivity contribution in [1.82, 2.24) is 4.90 Å². The maximum Gasteiger partial charge on any atom is 0.225 e. The van der Waals surface area contributed by atoms with Gasteiger partial charge in [-0.1, -0.05) is 30.3 Å². The molecule has 0 aliphatic carbocycles. The van der Waals surface area contributed by atoms with Crippen LogP contribution in [-0.2, 0) is 9.53 Å². The summed E-state index contributed by atoms with van der Waals surface area (Å²) >= 11 is 0. The third-order valence-corrected chi connectivity index (χ3v) is 4.75. The number of carbonyl (C=O) groups is 1. The van der Waals surface area contributed by atoms with Crippen LogP contribution in [0.3, 0.4) is 0 Å². The van der Waals surface area contributed by atoms with Crippen molar-refractivity contribution in [3.63, 3.8) is 0 Å². The molecule has 0 saturated carbocycles.